The van der Waals surface area contributed by atoms with E-state index in [1.165, 1.54) is 7.05 Å². The van der Waals surface area contributed by atoms with Crippen molar-refractivity contribution in [3.63, 3.8) is 0 Å². The summed E-state index contributed by atoms with van der Waals surface area (Å²) in [6.45, 7) is 4.75. The molecule has 0 saturated carbocycles. The standard InChI is InChI=1S/C21H28N2O3S/c1-4-17(2)23(16-19-8-6-5-7-9-19)21(24)15-12-18-10-13-20(14-11-18)27(25,26)22-3/h5-11,13-14,17,22H,4,12,15-16H2,1-3H3. The Kier molecular flexibility index (Phi) is 7.56. The summed E-state index contributed by atoms with van der Waals surface area (Å²) in [5.74, 6) is 0.111. The van der Waals surface area contributed by atoms with Gasteiger partial charge in [-0.05, 0) is 50.1 Å². The third-order valence-electron chi connectivity index (χ3n) is 4.77. The lowest BCUT2D eigenvalue weighted by Gasteiger charge is -2.29. The zero-order chi connectivity index (χ0) is 19.9. The Morgan fingerprint density at radius 1 is 1.04 bits per heavy atom. The second kappa shape index (κ2) is 9.67. The van der Waals surface area contributed by atoms with Crippen molar-refractivity contribution in [2.24, 2.45) is 0 Å². The average molecular weight is 389 g/mol. The summed E-state index contributed by atoms with van der Waals surface area (Å²) in [4.78, 5) is 15.0. The van der Waals surface area contributed by atoms with Crippen molar-refractivity contribution in [1.82, 2.24) is 9.62 Å². The molecule has 1 atom stereocenters. The number of aryl methyl sites for hydroxylation is 1. The molecule has 0 aliphatic carbocycles. The van der Waals surface area contributed by atoms with Crippen LogP contribution in [0.4, 0.5) is 0 Å². The van der Waals surface area contributed by atoms with Crippen LogP contribution in [0.1, 0.15) is 37.8 Å². The third-order valence-corrected chi connectivity index (χ3v) is 6.20. The fourth-order valence-electron chi connectivity index (χ4n) is 2.84. The van der Waals surface area contributed by atoms with Crippen LogP contribution in [0.15, 0.2) is 59.5 Å². The maximum Gasteiger partial charge on any atom is 0.240 e. The van der Waals surface area contributed by atoms with Crippen molar-refractivity contribution in [3.05, 3.63) is 65.7 Å². The van der Waals surface area contributed by atoms with E-state index in [0.717, 1.165) is 17.5 Å². The maximum atomic E-state index is 12.8. The topological polar surface area (TPSA) is 66.5 Å². The van der Waals surface area contributed by atoms with Crippen molar-refractivity contribution >= 4 is 15.9 Å². The maximum absolute atomic E-state index is 12.8. The van der Waals surface area contributed by atoms with Crippen molar-refractivity contribution in [1.29, 1.82) is 0 Å². The molecule has 2 aromatic rings. The molecule has 0 fully saturated rings. The molecule has 0 aliphatic heterocycles. The van der Waals surface area contributed by atoms with E-state index in [-0.39, 0.29) is 16.8 Å². The molecule has 0 spiro atoms. The second-order valence-electron chi connectivity index (χ2n) is 6.62. The molecule has 0 aromatic heterocycles. The monoisotopic (exact) mass is 388 g/mol. The predicted octanol–water partition coefficient (Wildman–Crippen LogP) is 3.35. The van der Waals surface area contributed by atoms with Crippen LogP contribution in [-0.2, 0) is 27.8 Å². The van der Waals surface area contributed by atoms with Gasteiger partial charge in [-0.2, -0.15) is 0 Å². The van der Waals surface area contributed by atoms with Crippen LogP contribution in [0.5, 0.6) is 0 Å². The first-order valence-corrected chi connectivity index (χ1v) is 10.7. The van der Waals surface area contributed by atoms with Crippen LogP contribution in [-0.4, -0.2) is 32.3 Å². The van der Waals surface area contributed by atoms with Crippen LogP contribution in [0.3, 0.4) is 0 Å². The third kappa shape index (κ3) is 5.91. The van der Waals surface area contributed by atoms with E-state index in [2.05, 4.69) is 18.6 Å². The number of hydrogen-bond donors (Lipinski definition) is 1. The number of rotatable bonds is 9. The number of benzene rings is 2. The molecule has 1 unspecified atom stereocenters. The van der Waals surface area contributed by atoms with Gasteiger partial charge in [-0.3, -0.25) is 4.79 Å². The fourth-order valence-corrected chi connectivity index (χ4v) is 3.57. The van der Waals surface area contributed by atoms with Gasteiger partial charge in [0, 0.05) is 19.0 Å². The summed E-state index contributed by atoms with van der Waals surface area (Å²) in [6, 6.07) is 16.8. The minimum Gasteiger partial charge on any atom is -0.336 e. The number of carbonyl (C=O) groups is 1. The smallest absolute Gasteiger partial charge is 0.240 e. The lowest BCUT2D eigenvalue weighted by atomic mass is 10.1. The zero-order valence-electron chi connectivity index (χ0n) is 16.2. The number of hydrogen-bond acceptors (Lipinski definition) is 3. The number of nitrogens with one attached hydrogen (secondary N) is 1. The van der Waals surface area contributed by atoms with Gasteiger partial charge in [0.05, 0.1) is 4.90 Å². The lowest BCUT2D eigenvalue weighted by molar-refractivity contribution is -0.134. The van der Waals surface area contributed by atoms with Crippen LogP contribution < -0.4 is 4.72 Å². The van der Waals surface area contributed by atoms with Crippen LogP contribution in [0.2, 0.25) is 0 Å². The summed E-state index contributed by atoms with van der Waals surface area (Å²) < 4.78 is 25.9. The molecule has 0 bridgehead atoms. The summed E-state index contributed by atoms with van der Waals surface area (Å²) in [6.07, 6.45) is 1.88. The summed E-state index contributed by atoms with van der Waals surface area (Å²) in [5.41, 5.74) is 2.06. The van der Waals surface area contributed by atoms with Gasteiger partial charge in [-0.15, -0.1) is 0 Å². The highest BCUT2D eigenvalue weighted by Crippen LogP contribution is 2.15. The van der Waals surface area contributed by atoms with Gasteiger partial charge in [0.15, 0.2) is 0 Å². The molecule has 0 radical (unpaired) electrons. The van der Waals surface area contributed by atoms with Gasteiger partial charge in [0.25, 0.3) is 0 Å². The minimum absolute atomic E-state index is 0.111. The Balaban J connectivity index is 2.02. The minimum atomic E-state index is -3.43. The molecule has 2 aromatic carbocycles. The Labute approximate surface area is 162 Å². The van der Waals surface area contributed by atoms with Crippen molar-refractivity contribution in [2.45, 2.75) is 50.6 Å². The number of carbonyl (C=O) groups excluding carboxylic acids is 1. The van der Waals surface area contributed by atoms with Crippen LogP contribution in [0, 0.1) is 0 Å². The van der Waals surface area contributed by atoms with E-state index in [1.54, 1.807) is 24.3 Å². The van der Waals surface area contributed by atoms with E-state index in [9.17, 15) is 13.2 Å². The van der Waals surface area contributed by atoms with Gasteiger partial charge >= 0.3 is 0 Å². The van der Waals surface area contributed by atoms with Gasteiger partial charge in [-0.25, -0.2) is 13.1 Å². The first kappa shape index (κ1) is 21.1. The molecule has 1 amide bonds. The van der Waals surface area contributed by atoms with Gasteiger partial charge < -0.3 is 4.90 Å². The number of nitrogens with zero attached hydrogens (tertiary/aromatic N) is 1. The molecule has 0 heterocycles. The quantitative estimate of drug-likeness (QED) is 0.716. The molecular weight excluding hydrogens is 360 g/mol. The van der Waals surface area contributed by atoms with Crippen LogP contribution in [0.25, 0.3) is 0 Å². The van der Waals surface area contributed by atoms with Crippen LogP contribution >= 0.6 is 0 Å². The SMILES string of the molecule is CCC(C)N(Cc1ccccc1)C(=O)CCc1ccc(S(=O)(=O)NC)cc1. The molecule has 6 heteroatoms. The largest absolute Gasteiger partial charge is 0.336 e. The Morgan fingerprint density at radius 3 is 2.22 bits per heavy atom. The second-order valence-corrected chi connectivity index (χ2v) is 8.50. The number of amides is 1. The van der Waals surface area contributed by atoms with Crippen molar-refractivity contribution in [2.75, 3.05) is 7.05 Å². The highest BCUT2D eigenvalue weighted by molar-refractivity contribution is 7.89. The van der Waals surface area contributed by atoms with E-state index in [0.29, 0.717) is 19.4 Å². The van der Waals surface area contributed by atoms with E-state index in [1.807, 2.05) is 35.2 Å². The summed E-state index contributed by atoms with van der Waals surface area (Å²) in [7, 11) is -2.05. The summed E-state index contributed by atoms with van der Waals surface area (Å²) in [5, 5.41) is 0. The first-order chi connectivity index (χ1) is 12.9. The highest BCUT2D eigenvalue weighted by Gasteiger charge is 2.19. The molecule has 0 aliphatic rings. The molecular formula is C21H28N2O3S. The van der Waals surface area contributed by atoms with Crippen molar-refractivity contribution in [3.8, 4) is 0 Å². The highest BCUT2D eigenvalue weighted by atomic mass is 32.2. The molecule has 0 saturated heterocycles. The van der Waals surface area contributed by atoms with Gasteiger partial charge in [0.1, 0.15) is 0 Å². The Morgan fingerprint density at radius 2 is 1.67 bits per heavy atom. The molecule has 2 rings (SSSR count). The lowest BCUT2D eigenvalue weighted by Crippen LogP contribution is -2.37. The normalized spacial score (nSPS) is 12.6. The molecule has 1 N–H and O–H groups in total. The van der Waals surface area contributed by atoms with Crippen molar-refractivity contribution < 1.29 is 13.2 Å². The Bertz CT molecular complexity index is 833. The molecule has 146 valence electrons. The zero-order valence-corrected chi connectivity index (χ0v) is 17.0. The Hall–Kier alpha value is -2.18. The summed E-state index contributed by atoms with van der Waals surface area (Å²) >= 11 is 0. The fraction of sp³-hybridized carbons (Fsp3) is 0.381. The van der Waals surface area contributed by atoms with E-state index in [4.69, 9.17) is 0 Å². The van der Waals surface area contributed by atoms with Gasteiger partial charge in [-0.1, -0.05) is 49.4 Å². The average Bonchev–Trinajstić information content (AvgIpc) is 2.70. The predicted molar refractivity (Wildman–Crippen MR) is 108 cm³/mol. The van der Waals surface area contributed by atoms with E-state index < -0.39 is 10.0 Å². The number of sulfonamides is 1. The first-order valence-electron chi connectivity index (χ1n) is 9.23. The van der Waals surface area contributed by atoms with Gasteiger partial charge in [0.2, 0.25) is 15.9 Å². The molecule has 5 nitrogen and oxygen atoms in total. The van der Waals surface area contributed by atoms with E-state index >= 15 is 0 Å². The molecule has 27 heavy (non-hydrogen) atoms.